The highest BCUT2D eigenvalue weighted by Crippen LogP contribution is 2.39. The monoisotopic (exact) mass is 399 g/mol. The molecule has 0 fully saturated rings. The quantitative estimate of drug-likeness (QED) is 0.395. The molecule has 146 valence electrons. The second kappa shape index (κ2) is 7.10. The third kappa shape index (κ3) is 3.07. The number of anilines is 2. The lowest BCUT2D eigenvalue weighted by Gasteiger charge is -2.39. The van der Waals surface area contributed by atoms with Crippen LogP contribution in [0, 0.1) is 0 Å². The molecule has 0 N–H and O–H groups in total. The van der Waals surface area contributed by atoms with Crippen molar-refractivity contribution in [2.24, 2.45) is 0 Å². The number of hydrogen-bond acceptors (Lipinski definition) is 1. The van der Waals surface area contributed by atoms with Crippen LogP contribution in [0.5, 0.6) is 0 Å². The maximum absolute atomic E-state index is 13.5. The lowest BCUT2D eigenvalue weighted by Crippen LogP contribution is -2.57. The molecule has 1 nitrogen and oxygen atoms in total. The molecule has 0 spiro atoms. The van der Waals surface area contributed by atoms with E-state index in [0.29, 0.717) is 5.46 Å². The van der Waals surface area contributed by atoms with Crippen LogP contribution in [0.15, 0.2) is 103 Å². The molecule has 5 heteroatoms. The van der Waals surface area contributed by atoms with Gasteiger partial charge in [-0.2, -0.15) is 13.2 Å². The van der Waals surface area contributed by atoms with Crippen molar-refractivity contribution in [1.82, 2.24) is 0 Å². The van der Waals surface area contributed by atoms with Gasteiger partial charge in [0.25, 0.3) is 0 Å². The fourth-order valence-electron chi connectivity index (χ4n) is 4.26. The highest BCUT2D eigenvalue weighted by molar-refractivity contribution is 6.90. The molecule has 0 bridgehead atoms. The summed E-state index contributed by atoms with van der Waals surface area (Å²) in [4.78, 5) is 2.13. The van der Waals surface area contributed by atoms with Crippen molar-refractivity contribution in [2.45, 2.75) is 6.18 Å². The summed E-state index contributed by atoms with van der Waals surface area (Å²) in [7, 11) is 0. The predicted molar refractivity (Wildman–Crippen MR) is 117 cm³/mol. The van der Waals surface area contributed by atoms with Crippen LogP contribution in [0.4, 0.5) is 24.5 Å². The van der Waals surface area contributed by atoms with Gasteiger partial charge in [-0.15, -0.1) is 0 Å². The third-order valence-corrected chi connectivity index (χ3v) is 5.53. The van der Waals surface area contributed by atoms with E-state index < -0.39 is 11.7 Å². The molecule has 0 saturated carbocycles. The summed E-state index contributed by atoms with van der Waals surface area (Å²) in [6, 6.07) is 31.5. The summed E-state index contributed by atoms with van der Waals surface area (Å²) in [5.41, 5.74) is 4.98. The summed E-state index contributed by atoms with van der Waals surface area (Å²) in [6.07, 6.45) is -4.39. The largest absolute Gasteiger partial charge is 0.416 e. The van der Waals surface area contributed by atoms with E-state index in [2.05, 4.69) is 10.9 Å². The average molecular weight is 399 g/mol. The maximum atomic E-state index is 13.5. The first kappa shape index (κ1) is 18.6. The van der Waals surface area contributed by atoms with Gasteiger partial charge in [0.2, 0.25) is 0 Å². The van der Waals surface area contributed by atoms with E-state index in [1.165, 1.54) is 12.1 Å². The van der Waals surface area contributed by atoms with Gasteiger partial charge in [-0.05, 0) is 29.2 Å². The fourth-order valence-corrected chi connectivity index (χ4v) is 4.26. The summed E-state index contributed by atoms with van der Waals surface area (Å²) >= 11 is 0. The molecule has 30 heavy (non-hydrogen) atoms. The van der Waals surface area contributed by atoms with Crippen LogP contribution in [0.1, 0.15) is 5.56 Å². The van der Waals surface area contributed by atoms with Crippen LogP contribution in [-0.4, -0.2) is 6.85 Å². The van der Waals surface area contributed by atoms with Crippen LogP contribution < -0.4 is 15.7 Å². The molecule has 1 heterocycles. The van der Waals surface area contributed by atoms with Gasteiger partial charge in [-0.3, -0.25) is 0 Å². The number of hydrogen-bond donors (Lipinski definition) is 0. The van der Waals surface area contributed by atoms with E-state index in [1.54, 1.807) is 6.07 Å². The van der Waals surface area contributed by atoms with Gasteiger partial charge in [0.15, 0.2) is 0 Å². The Morgan fingerprint density at radius 3 is 2.07 bits per heavy atom. The molecule has 0 aliphatic carbocycles. The Hall–Kier alpha value is -3.47. The lowest BCUT2D eigenvalue weighted by atomic mass is 9.45. The number of benzene rings is 4. The minimum Gasteiger partial charge on any atom is -0.376 e. The zero-order chi connectivity index (χ0) is 20.7. The van der Waals surface area contributed by atoms with Gasteiger partial charge in [0.1, 0.15) is 0 Å². The van der Waals surface area contributed by atoms with Crippen molar-refractivity contribution >= 4 is 29.1 Å². The average Bonchev–Trinajstić information content (AvgIpc) is 2.78. The van der Waals surface area contributed by atoms with E-state index in [0.717, 1.165) is 34.0 Å². The number of para-hydroxylation sites is 2. The normalized spacial score (nSPS) is 13.0. The fraction of sp³-hybridized carbons (Fsp3) is 0.0400. The highest BCUT2D eigenvalue weighted by atomic mass is 19.4. The van der Waals surface area contributed by atoms with Crippen molar-refractivity contribution in [3.05, 3.63) is 109 Å². The number of nitrogens with zero attached hydrogens (tertiary/aromatic N) is 1. The van der Waals surface area contributed by atoms with Crippen molar-refractivity contribution < 1.29 is 13.2 Å². The van der Waals surface area contributed by atoms with Crippen LogP contribution in [0.25, 0.3) is 11.1 Å². The van der Waals surface area contributed by atoms with Crippen LogP contribution >= 0.6 is 0 Å². The van der Waals surface area contributed by atoms with Gasteiger partial charge < -0.3 is 4.81 Å². The Bertz CT molecular complexity index is 1200. The summed E-state index contributed by atoms with van der Waals surface area (Å²) in [5.74, 6) is 0. The van der Waals surface area contributed by atoms with Crippen LogP contribution in [0.3, 0.4) is 0 Å². The Morgan fingerprint density at radius 2 is 1.30 bits per heavy atom. The van der Waals surface area contributed by atoms with Crippen LogP contribution in [-0.2, 0) is 6.18 Å². The molecule has 4 aromatic rings. The number of rotatable bonds is 2. The SMILES string of the molecule is FC(F)(F)c1cccc(B2c3ccccc3-c3ccccc3N2c2ccccc2)c1. The molecule has 1 aliphatic rings. The number of halogens is 3. The minimum atomic E-state index is -4.39. The molecule has 0 radical (unpaired) electrons. The standard InChI is InChI=1S/C25H17BF3N/c27-25(28,29)18-9-8-10-19(17-18)26-23-15-6-4-13-21(23)22-14-5-7-16-24(22)30(26)20-11-2-1-3-12-20/h1-17H. The minimum absolute atomic E-state index is 0.374. The van der Waals surface area contributed by atoms with E-state index in [9.17, 15) is 13.2 Å². The summed E-state index contributed by atoms with van der Waals surface area (Å²) in [6.45, 7) is -0.374. The molecule has 0 amide bonds. The second-order valence-electron chi connectivity index (χ2n) is 7.34. The van der Waals surface area contributed by atoms with E-state index in [4.69, 9.17) is 0 Å². The Labute approximate surface area is 173 Å². The topological polar surface area (TPSA) is 3.24 Å². The molecule has 4 aromatic carbocycles. The number of fused-ring (bicyclic) bond motifs is 3. The molecule has 5 rings (SSSR count). The Balaban J connectivity index is 1.80. The lowest BCUT2D eigenvalue weighted by molar-refractivity contribution is -0.137. The predicted octanol–water partition coefficient (Wildman–Crippen LogP) is 5.63. The smallest absolute Gasteiger partial charge is 0.376 e. The molecular weight excluding hydrogens is 382 g/mol. The molecule has 0 unspecified atom stereocenters. The third-order valence-electron chi connectivity index (χ3n) is 5.53. The number of alkyl halides is 3. The van der Waals surface area contributed by atoms with Gasteiger partial charge in [0.05, 0.1) is 5.56 Å². The molecule has 0 atom stereocenters. The molecule has 0 aromatic heterocycles. The molecular formula is C25H17BF3N. The Kier molecular flexibility index (Phi) is 4.39. The summed E-state index contributed by atoms with van der Waals surface area (Å²) in [5, 5.41) is 0. The Morgan fingerprint density at radius 1 is 0.633 bits per heavy atom. The molecule has 1 aliphatic heterocycles. The first-order chi connectivity index (χ1) is 14.5. The van der Waals surface area contributed by atoms with Crippen molar-refractivity contribution in [1.29, 1.82) is 0 Å². The van der Waals surface area contributed by atoms with Crippen molar-refractivity contribution in [3.8, 4) is 11.1 Å². The van der Waals surface area contributed by atoms with Gasteiger partial charge in [-0.25, -0.2) is 0 Å². The second-order valence-corrected chi connectivity index (χ2v) is 7.34. The summed E-state index contributed by atoms with van der Waals surface area (Å²) < 4.78 is 40.4. The highest BCUT2D eigenvalue weighted by Gasteiger charge is 2.38. The van der Waals surface area contributed by atoms with Crippen molar-refractivity contribution in [3.63, 3.8) is 0 Å². The van der Waals surface area contributed by atoms with E-state index in [1.807, 2.05) is 72.8 Å². The van der Waals surface area contributed by atoms with E-state index in [-0.39, 0.29) is 6.85 Å². The van der Waals surface area contributed by atoms with Gasteiger partial charge in [-0.1, -0.05) is 90.4 Å². The zero-order valence-corrected chi connectivity index (χ0v) is 16.0. The molecule has 0 saturated heterocycles. The maximum Gasteiger partial charge on any atom is 0.416 e. The van der Waals surface area contributed by atoms with Crippen LogP contribution in [0.2, 0.25) is 0 Å². The first-order valence-corrected chi connectivity index (χ1v) is 9.74. The first-order valence-electron chi connectivity index (χ1n) is 9.74. The van der Waals surface area contributed by atoms with E-state index >= 15 is 0 Å². The van der Waals surface area contributed by atoms with Gasteiger partial charge in [0, 0.05) is 16.9 Å². The van der Waals surface area contributed by atoms with Crippen molar-refractivity contribution in [2.75, 3.05) is 4.81 Å². The van der Waals surface area contributed by atoms with Gasteiger partial charge >= 0.3 is 13.0 Å². The zero-order valence-electron chi connectivity index (χ0n) is 16.0.